The van der Waals surface area contributed by atoms with Gasteiger partial charge in [-0.15, -0.1) is 0 Å². The number of hydrogen-bond donors (Lipinski definition) is 2. The molecule has 2 amide bonds. The molecular weight excluding hydrogens is 352 g/mol. The maximum Gasteiger partial charge on any atom is 0.255 e. The molecule has 0 bridgehead atoms. The van der Waals surface area contributed by atoms with Gasteiger partial charge >= 0.3 is 0 Å². The van der Waals surface area contributed by atoms with E-state index >= 15 is 0 Å². The van der Waals surface area contributed by atoms with E-state index in [1.807, 2.05) is 0 Å². The molecule has 27 heavy (non-hydrogen) atoms. The largest absolute Gasteiger partial charge is 0.351 e. The van der Waals surface area contributed by atoms with Crippen LogP contribution in [0.15, 0.2) is 42.5 Å². The van der Waals surface area contributed by atoms with E-state index in [1.54, 1.807) is 24.3 Å². The van der Waals surface area contributed by atoms with Gasteiger partial charge in [0.25, 0.3) is 11.8 Å². The third kappa shape index (κ3) is 6.14. The van der Waals surface area contributed by atoms with Crippen LogP contribution in [0.3, 0.4) is 0 Å². The highest BCUT2D eigenvalue weighted by Crippen LogP contribution is 2.13. The molecule has 0 spiro atoms. The number of benzene rings is 2. The van der Waals surface area contributed by atoms with Gasteiger partial charge in [-0.25, -0.2) is 8.78 Å². The van der Waals surface area contributed by atoms with Crippen molar-refractivity contribution in [1.29, 1.82) is 0 Å². The van der Waals surface area contributed by atoms with Gasteiger partial charge in [0, 0.05) is 36.0 Å². The van der Waals surface area contributed by atoms with Gasteiger partial charge in [-0.05, 0) is 49.5 Å². The SMILES string of the molecule is CCN(CC)CCNC(=O)c1ccc(NC(=O)c2cc(F)cc(F)c2)cc1. The van der Waals surface area contributed by atoms with E-state index in [2.05, 4.69) is 29.4 Å². The molecule has 2 aromatic rings. The summed E-state index contributed by atoms with van der Waals surface area (Å²) in [6.07, 6.45) is 0. The topological polar surface area (TPSA) is 61.4 Å². The Morgan fingerprint density at radius 2 is 1.48 bits per heavy atom. The van der Waals surface area contributed by atoms with Gasteiger partial charge in [-0.2, -0.15) is 0 Å². The molecule has 0 unspecified atom stereocenters. The smallest absolute Gasteiger partial charge is 0.255 e. The summed E-state index contributed by atoms with van der Waals surface area (Å²) in [6, 6.07) is 8.89. The fraction of sp³-hybridized carbons (Fsp3) is 0.300. The van der Waals surface area contributed by atoms with Gasteiger partial charge in [0.1, 0.15) is 11.6 Å². The summed E-state index contributed by atoms with van der Waals surface area (Å²) >= 11 is 0. The second kappa shape index (κ2) is 9.78. The normalized spacial score (nSPS) is 10.7. The summed E-state index contributed by atoms with van der Waals surface area (Å²) in [6.45, 7) is 7.31. The molecule has 0 saturated heterocycles. The van der Waals surface area contributed by atoms with Crippen molar-refractivity contribution in [2.75, 3.05) is 31.5 Å². The lowest BCUT2D eigenvalue weighted by Crippen LogP contribution is -2.34. The molecule has 0 heterocycles. The minimum atomic E-state index is -0.822. The number of nitrogens with one attached hydrogen (secondary N) is 2. The van der Waals surface area contributed by atoms with Crippen LogP contribution in [-0.4, -0.2) is 42.9 Å². The van der Waals surface area contributed by atoms with Crippen LogP contribution in [0.2, 0.25) is 0 Å². The molecule has 7 heteroatoms. The fourth-order valence-corrected chi connectivity index (χ4v) is 2.56. The second-order valence-corrected chi connectivity index (χ2v) is 5.97. The van der Waals surface area contributed by atoms with Crippen LogP contribution in [-0.2, 0) is 0 Å². The molecule has 144 valence electrons. The number of likely N-dealkylation sites (N-methyl/N-ethyl adjacent to an activating group) is 1. The molecule has 2 rings (SSSR count). The van der Waals surface area contributed by atoms with Crippen LogP contribution in [0.4, 0.5) is 14.5 Å². The van der Waals surface area contributed by atoms with Crippen LogP contribution < -0.4 is 10.6 Å². The lowest BCUT2D eigenvalue weighted by molar-refractivity contribution is 0.0948. The second-order valence-electron chi connectivity index (χ2n) is 5.97. The number of rotatable bonds is 8. The van der Waals surface area contributed by atoms with E-state index in [0.717, 1.165) is 31.8 Å². The van der Waals surface area contributed by atoms with Gasteiger partial charge in [-0.1, -0.05) is 13.8 Å². The van der Waals surface area contributed by atoms with E-state index in [4.69, 9.17) is 0 Å². The van der Waals surface area contributed by atoms with E-state index < -0.39 is 17.5 Å². The first-order chi connectivity index (χ1) is 12.9. The van der Waals surface area contributed by atoms with Crippen molar-refractivity contribution in [3.8, 4) is 0 Å². The Kier molecular flexibility index (Phi) is 7.43. The Balaban J connectivity index is 1.92. The molecule has 0 aliphatic rings. The minimum absolute atomic E-state index is 0.120. The number of carbonyl (C=O) groups excluding carboxylic acids is 2. The number of carbonyl (C=O) groups is 2. The Morgan fingerprint density at radius 1 is 0.889 bits per heavy atom. The molecule has 0 saturated carbocycles. The molecular formula is C20H23F2N3O2. The first kappa shape index (κ1) is 20.5. The van der Waals surface area contributed by atoms with Crippen molar-refractivity contribution < 1.29 is 18.4 Å². The number of halogens is 2. The summed E-state index contributed by atoms with van der Waals surface area (Å²) in [5.41, 5.74) is 0.763. The predicted octanol–water partition coefficient (Wildman–Crippen LogP) is 3.29. The third-order valence-electron chi connectivity index (χ3n) is 4.14. The number of amides is 2. The highest BCUT2D eigenvalue weighted by atomic mass is 19.1. The van der Waals surface area contributed by atoms with Gasteiger partial charge in [-0.3, -0.25) is 9.59 Å². The zero-order valence-electron chi connectivity index (χ0n) is 15.4. The van der Waals surface area contributed by atoms with Crippen LogP contribution >= 0.6 is 0 Å². The van der Waals surface area contributed by atoms with Gasteiger partial charge < -0.3 is 15.5 Å². The average molecular weight is 375 g/mol. The number of anilines is 1. The molecule has 0 radical (unpaired) electrons. The summed E-state index contributed by atoms with van der Waals surface area (Å²) < 4.78 is 26.4. The van der Waals surface area contributed by atoms with Crippen molar-refractivity contribution in [3.63, 3.8) is 0 Å². The molecule has 0 aliphatic heterocycles. The first-order valence-corrected chi connectivity index (χ1v) is 8.81. The van der Waals surface area contributed by atoms with E-state index in [1.165, 1.54) is 0 Å². The summed E-state index contributed by atoms with van der Waals surface area (Å²) in [5.74, 6) is -2.48. The quantitative estimate of drug-likeness (QED) is 0.744. The van der Waals surface area contributed by atoms with Crippen molar-refractivity contribution in [2.24, 2.45) is 0 Å². The Morgan fingerprint density at radius 3 is 2.04 bits per heavy atom. The fourth-order valence-electron chi connectivity index (χ4n) is 2.56. The maximum atomic E-state index is 13.2. The Labute approximate surface area is 157 Å². The molecule has 0 aliphatic carbocycles. The molecule has 2 N–H and O–H groups in total. The number of nitrogens with zero attached hydrogens (tertiary/aromatic N) is 1. The van der Waals surface area contributed by atoms with E-state index in [0.29, 0.717) is 23.9 Å². The predicted molar refractivity (Wildman–Crippen MR) is 101 cm³/mol. The minimum Gasteiger partial charge on any atom is -0.351 e. The average Bonchev–Trinajstić information content (AvgIpc) is 2.65. The van der Waals surface area contributed by atoms with Crippen LogP contribution in [0.1, 0.15) is 34.6 Å². The monoisotopic (exact) mass is 375 g/mol. The van der Waals surface area contributed by atoms with Crippen LogP contribution in [0, 0.1) is 11.6 Å². The maximum absolute atomic E-state index is 13.2. The number of hydrogen-bond acceptors (Lipinski definition) is 3. The Bertz CT molecular complexity index is 770. The molecule has 5 nitrogen and oxygen atoms in total. The highest BCUT2D eigenvalue weighted by Gasteiger charge is 2.11. The van der Waals surface area contributed by atoms with Crippen molar-refractivity contribution in [3.05, 3.63) is 65.2 Å². The third-order valence-corrected chi connectivity index (χ3v) is 4.14. The molecule has 2 aromatic carbocycles. The standard InChI is InChI=1S/C20H23F2N3O2/c1-3-25(4-2)10-9-23-19(26)14-5-7-18(8-6-14)24-20(27)15-11-16(21)13-17(22)12-15/h5-8,11-13H,3-4,9-10H2,1-2H3,(H,23,26)(H,24,27). The summed E-state index contributed by atoms with van der Waals surface area (Å²) in [5, 5.41) is 5.39. The Hall–Kier alpha value is -2.80. The summed E-state index contributed by atoms with van der Waals surface area (Å²) in [4.78, 5) is 26.4. The van der Waals surface area contributed by atoms with Crippen molar-refractivity contribution in [1.82, 2.24) is 10.2 Å². The van der Waals surface area contributed by atoms with E-state index in [9.17, 15) is 18.4 Å². The van der Waals surface area contributed by atoms with Gasteiger partial charge in [0.15, 0.2) is 0 Å². The highest BCUT2D eigenvalue weighted by molar-refractivity contribution is 6.04. The van der Waals surface area contributed by atoms with Crippen molar-refractivity contribution >= 4 is 17.5 Å². The first-order valence-electron chi connectivity index (χ1n) is 8.81. The molecule has 0 fully saturated rings. The zero-order chi connectivity index (χ0) is 19.8. The van der Waals surface area contributed by atoms with Gasteiger partial charge in [0.05, 0.1) is 0 Å². The van der Waals surface area contributed by atoms with Crippen LogP contribution in [0.5, 0.6) is 0 Å². The van der Waals surface area contributed by atoms with Crippen molar-refractivity contribution in [2.45, 2.75) is 13.8 Å². The van der Waals surface area contributed by atoms with Crippen LogP contribution in [0.25, 0.3) is 0 Å². The summed E-state index contributed by atoms with van der Waals surface area (Å²) in [7, 11) is 0. The van der Waals surface area contributed by atoms with Gasteiger partial charge in [0.2, 0.25) is 0 Å². The lowest BCUT2D eigenvalue weighted by Gasteiger charge is -2.18. The van der Waals surface area contributed by atoms with E-state index in [-0.39, 0.29) is 11.5 Å². The zero-order valence-corrected chi connectivity index (χ0v) is 15.4. The molecule has 0 atom stereocenters. The lowest BCUT2D eigenvalue weighted by atomic mass is 10.1. The molecule has 0 aromatic heterocycles.